The Morgan fingerprint density at radius 2 is 1.47 bits per heavy atom. The van der Waals surface area contributed by atoms with E-state index in [1.165, 1.54) is 0 Å². The SMILES string of the molecule is Cc1ccc(C2=Cc3cc(C)ccc3S2(=O)=O)cc1. The summed E-state index contributed by atoms with van der Waals surface area (Å²) in [4.78, 5) is 0.807. The van der Waals surface area contributed by atoms with Crippen LogP contribution in [0.1, 0.15) is 22.3 Å². The van der Waals surface area contributed by atoms with E-state index in [-0.39, 0.29) is 0 Å². The van der Waals surface area contributed by atoms with Crippen molar-refractivity contribution in [3.05, 3.63) is 64.7 Å². The normalized spacial score (nSPS) is 16.0. The zero-order valence-corrected chi connectivity index (χ0v) is 11.7. The molecule has 0 fully saturated rings. The summed E-state index contributed by atoms with van der Waals surface area (Å²) in [5, 5.41) is 0. The maximum absolute atomic E-state index is 12.5. The highest BCUT2D eigenvalue weighted by Gasteiger charge is 2.30. The molecule has 0 N–H and O–H groups in total. The molecule has 0 bridgehead atoms. The summed E-state index contributed by atoms with van der Waals surface area (Å²) in [7, 11) is -3.37. The molecule has 19 heavy (non-hydrogen) atoms. The lowest BCUT2D eigenvalue weighted by molar-refractivity contribution is 0.606. The summed E-state index contributed by atoms with van der Waals surface area (Å²) in [6.45, 7) is 3.95. The number of fused-ring (bicyclic) bond motifs is 1. The van der Waals surface area contributed by atoms with Crippen molar-refractivity contribution in [1.82, 2.24) is 0 Å². The van der Waals surface area contributed by atoms with Crippen LogP contribution in [0.15, 0.2) is 47.4 Å². The summed E-state index contributed by atoms with van der Waals surface area (Å²) in [6, 6.07) is 13.0. The molecular formula is C16H14O2S. The molecular weight excluding hydrogens is 256 g/mol. The number of hydrogen-bond donors (Lipinski definition) is 0. The van der Waals surface area contributed by atoms with E-state index >= 15 is 0 Å². The molecule has 0 aromatic heterocycles. The largest absolute Gasteiger partial charge is 0.218 e. The van der Waals surface area contributed by atoms with Crippen molar-refractivity contribution in [3.8, 4) is 0 Å². The van der Waals surface area contributed by atoms with Gasteiger partial charge in [-0.3, -0.25) is 0 Å². The Labute approximate surface area is 113 Å². The van der Waals surface area contributed by atoms with E-state index < -0.39 is 9.84 Å². The van der Waals surface area contributed by atoms with Crippen LogP contribution in [0.5, 0.6) is 0 Å². The van der Waals surface area contributed by atoms with E-state index in [9.17, 15) is 8.42 Å². The summed E-state index contributed by atoms with van der Waals surface area (Å²) in [6.07, 6.45) is 1.77. The first-order valence-corrected chi connectivity index (χ1v) is 7.61. The molecule has 1 aliphatic rings. The lowest BCUT2D eigenvalue weighted by Crippen LogP contribution is -2.00. The van der Waals surface area contributed by atoms with Gasteiger partial charge in [-0.2, -0.15) is 0 Å². The number of hydrogen-bond acceptors (Lipinski definition) is 2. The van der Waals surface area contributed by atoms with Gasteiger partial charge in [-0.25, -0.2) is 8.42 Å². The zero-order chi connectivity index (χ0) is 13.6. The fraction of sp³-hybridized carbons (Fsp3) is 0.125. The smallest absolute Gasteiger partial charge is 0.207 e. The van der Waals surface area contributed by atoms with Gasteiger partial charge in [-0.15, -0.1) is 0 Å². The van der Waals surface area contributed by atoms with Gasteiger partial charge in [0.1, 0.15) is 0 Å². The number of rotatable bonds is 1. The van der Waals surface area contributed by atoms with Crippen LogP contribution in [0.3, 0.4) is 0 Å². The van der Waals surface area contributed by atoms with Crippen molar-refractivity contribution in [3.63, 3.8) is 0 Å². The second kappa shape index (κ2) is 4.07. The van der Waals surface area contributed by atoms with Crippen LogP contribution in [-0.4, -0.2) is 8.42 Å². The molecule has 3 rings (SSSR count). The lowest BCUT2D eigenvalue weighted by atomic mass is 10.1. The van der Waals surface area contributed by atoms with Crippen LogP contribution in [0.4, 0.5) is 0 Å². The second-order valence-electron chi connectivity index (χ2n) is 4.92. The predicted octanol–water partition coefficient (Wildman–Crippen LogP) is 3.59. The van der Waals surface area contributed by atoms with E-state index in [1.807, 2.05) is 50.2 Å². The summed E-state index contributed by atoms with van der Waals surface area (Å²) < 4.78 is 25.0. The Morgan fingerprint density at radius 3 is 2.16 bits per heavy atom. The van der Waals surface area contributed by atoms with Crippen LogP contribution >= 0.6 is 0 Å². The van der Waals surface area contributed by atoms with Gasteiger partial charge in [-0.1, -0.05) is 47.5 Å². The quantitative estimate of drug-likeness (QED) is 0.793. The standard InChI is InChI=1S/C16H14O2S/c1-11-3-6-13(7-4-11)16-10-14-9-12(2)5-8-15(14)19(16,17)18/h3-10H,1-2H3. The third kappa shape index (κ3) is 1.90. The molecule has 0 aliphatic carbocycles. The Hall–Kier alpha value is -1.87. The molecule has 1 heterocycles. The van der Waals surface area contributed by atoms with E-state index in [1.54, 1.807) is 12.1 Å². The highest BCUT2D eigenvalue weighted by molar-refractivity contribution is 8.01. The van der Waals surface area contributed by atoms with Gasteiger partial charge in [0.25, 0.3) is 0 Å². The van der Waals surface area contributed by atoms with Crippen molar-refractivity contribution >= 4 is 20.8 Å². The van der Waals surface area contributed by atoms with Gasteiger partial charge < -0.3 is 0 Å². The number of aryl methyl sites for hydroxylation is 2. The number of benzene rings is 2. The van der Waals surface area contributed by atoms with Crippen molar-refractivity contribution in [2.24, 2.45) is 0 Å². The minimum Gasteiger partial charge on any atom is -0.218 e. The van der Waals surface area contributed by atoms with Gasteiger partial charge in [0.2, 0.25) is 9.84 Å². The molecule has 0 radical (unpaired) electrons. The molecule has 2 aromatic carbocycles. The first-order chi connectivity index (χ1) is 8.98. The number of sulfone groups is 1. The van der Waals surface area contributed by atoms with Crippen LogP contribution in [0.25, 0.3) is 11.0 Å². The van der Waals surface area contributed by atoms with E-state index in [2.05, 4.69) is 0 Å². The first-order valence-electron chi connectivity index (χ1n) is 6.13. The first kappa shape index (κ1) is 12.2. The molecule has 0 atom stereocenters. The van der Waals surface area contributed by atoms with Crippen LogP contribution < -0.4 is 0 Å². The molecule has 0 unspecified atom stereocenters. The van der Waals surface area contributed by atoms with E-state index in [0.717, 1.165) is 22.3 Å². The molecule has 2 nitrogen and oxygen atoms in total. The summed E-state index contributed by atoms with van der Waals surface area (Å²) in [5.74, 6) is 0. The molecule has 0 saturated carbocycles. The van der Waals surface area contributed by atoms with Gasteiger partial charge in [0, 0.05) is 0 Å². The fourth-order valence-electron chi connectivity index (χ4n) is 2.32. The van der Waals surface area contributed by atoms with Crippen molar-refractivity contribution in [2.75, 3.05) is 0 Å². The minimum absolute atomic E-state index is 0.396. The van der Waals surface area contributed by atoms with E-state index in [4.69, 9.17) is 0 Å². The highest BCUT2D eigenvalue weighted by Crippen LogP contribution is 2.38. The maximum Gasteiger partial charge on any atom is 0.207 e. The molecule has 1 aliphatic heterocycles. The Bertz CT molecular complexity index is 782. The maximum atomic E-state index is 12.5. The lowest BCUT2D eigenvalue weighted by Gasteiger charge is -2.04. The Morgan fingerprint density at radius 1 is 0.842 bits per heavy atom. The van der Waals surface area contributed by atoms with Crippen LogP contribution in [0.2, 0.25) is 0 Å². The minimum atomic E-state index is -3.37. The monoisotopic (exact) mass is 270 g/mol. The molecule has 0 spiro atoms. The summed E-state index contributed by atoms with van der Waals surface area (Å²) in [5.41, 5.74) is 3.72. The molecule has 2 aromatic rings. The predicted molar refractivity (Wildman–Crippen MR) is 77.4 cm³/mol. The Balaban J connectivity index is 2.20. The van der Waals surface area contributed by atoms with Crippen molar-refractivity contribution in [2.45, 2.75) is 18.7 Å². The summed E-state index contributed by atoms with van der Waals surface area (Å²) >= 11 is 0. The highest BCUT2D eigenvalue weighted by atomic mass is 32.2. The third-order valence-corrected chi connectivity index (χ3v) is 5.25. The van der Waals surface area contributed by atoms with Crippen molar-refractivity contribution in [1.29, 1.82) is 0 Å². The topological polar surface area (TPSA) is 34.1 Å². The third-order valence-electron chi connectivity index (χ3n) is 3.37. The molecule has 96 valence electrons. The van der Waals surface area contributed by atoms with Gasteiger partial charge in [-0.05, 0) is 37.1 Å². The zero-order valence-electron chi connectivity index (χ0n) is 10.8. The average Bonchev–Trinajstić information content (AvgIpc) is 2.62. The molecule has 0 amide bonds. The molecule has 3 heteroatoms. The second-order valence-corrected chi connectivity index (χ2v) is 6.81. The van der Waals surface area contributed by atoms with Crippen molar-refractivity contribution < 1.29 is 8.42 Å². The van der Waals surface area contributed by atoms with Gasteiger partial charge >= 0.3 is 0 Å². The van der Waals surface area contributed by atoms with Crippen LogP contribution in [-0.2, 0) is 9.84 Å². The van der Waals surface area contributed by atoms with Gasteiger partial charge in [0.15, 0.2) is 0 Å². The Kier molecular flexibility index (Phi) is 2.61. The molecule has 0 saturated heterocycles. The van der Waals surface area contributed by atoms with Gasteiger partial charge in [0.05, 0.1) is 9.80 Å². The van der Waals surface area contributed by atoms with E-state index in [0.29, 0.717) is 9.80 Å². The fourth-order valence-corrected chi connectivity index (χ4v) is 3.96. The average molecular weight is 270 g/mol. The van der Waals surface area contributed by atoms with Crippen LogP contribution in [0, 0.1) is 13.8 Å².